The molecule has 1 aliphatic carbocycles. The fraction of sp³-hybridized carbons (Fsp3) is 0.273. The number of benzene rings is 2. The number of rotatable bonds is 7. The highest BCUT2D eigenvalue weighted by Gasteiger charge is 2.30. The molecule has 1 aromatic heterocycles. The zero-order valence-electron chi connectivity index (χ0n) is 16.4. The normalized spacial score (nSPS) is 15.7. The molecule has 1 unspecified atom stereocenters. The number of fused-ring (bicyclic) bond motifs is 1. The number of nitriles is 1. The van der Waals surface area contributed by atoms with Gasteiger partial charge in [0, 0.05) is 38.6 Å². The maximum Gasteiger partial charge on any atom is 0.387 e. The largest absolute Gasteiger partial charge is 0.435 e. The van der Waals surface area contributed by atoms with Crippen LogP contribution in [0.3, 0.4) is 0 Å². The van der Waals surface area contributed by atoms with E-state index in [1.807, 2.05) is 35.8 Å². The van der Waals surface area contributed by atoms with Crippen LogP contribution in [0.4, 0.5) is 14.5 Å². The summed E-state index contributed by atoms with van der Waals surface area (Å²) < 4.78 is 47.3. The Morgan fingerprint density at radius 3 is 2.57 bits per heavy atom. The van der Waals surface area contributed by atoms with Gasteiger partial charge in [-0.3, -0.25) is 0 Å². The third-order valence-corrected chi connectivity index (χ3v) is 7.33. The summed E-state index contributed by atoms with van der Waals surface area (Å²) in [7, 11) is -2.36. The van der Waals surface area contributed by atoms with E-state index in [0.717, 1.165) is 18.4 Å². The number of aromatic nitrogens is 1. The molecule has 1 heterocycles. The van der Waals surface area contributed by atoms with Crippen molar-refractivity contribution in [3.8, 4) is 23.1 Å². The van der Waals surface area contributed by atoms with Crippen LogP contribution < -0.4 is 9.46 Å². The number of ether oxygens (including phenoxy) is 1. The average molecular weight is 429 g/mol. The molecule has 0 aliphatic heterocycles. The molecule has 1 aliphatic rings. The van der Waals surface area contributed by atoms with Crippen molar-refractivity contribution in [1.29, 1.82) is 5.26 Å². The van der Waals surface area contributed by atoms with Crippen molar-refractivity contribution in [2.45, 2.75) is 38.2 Å². The zero-order valence-corrected chi connectivity index (χ0v) is 17.2. The summed E-state index contributed by atoms with van der Waals surface area (Å²) in [6.07, 6.45) is 1.85. The predicted molar refractivity (Wildman–Crippen MR) is 116 cm³/mol. The molecule has 0 saturated heterocycles. The fourth-order valence-electron chi connectivity index (χ4n) is 3.67. The van der Waals surface area contributed by atoms with Crippen LogP contribution in [-0.4, -0.2) is 26.5 Å². The zero-order chi connectivity index (χ0) is 21.5. The summed E-state index contributed by atoms with van der Waals surface area (Å²) >= 11 is 0. The van der Waals surface area contributed by atoms with E-state index in [1.54, 1.807) is 6.07 Å². The van der Waals surface area contributed by atoms with Crippen molar-refractivity contribution in [2.24, 2.45) is 0 Å². The molecule has 0 amide bonds. The average Bonchev–Trinajstić information content (AvgIpc) is 3.51. The molecule has 1 saturated carbocycles. The third kappa shape index (κ3) is 3.73. The van der Waals surface area contributed by atoms with Crippen molar-refractivity contribution in [2.75, 3.05) is 4.72 Å². The highest BCUT2D eigenvalue weighted by molar-refractivity contribution is 8.02. The van der Waals surface area contributed by atoms with Gasteiger partial charge >= 0.3 is 6.61 Å². The van der Waals surface area contributed by atoms with E-state index >= 15 is 0 Å². The summed E-state index contributed by atoms with van der Waals surface area (Å²) in [5, 5.41) is 10.6. The van der Waals surface area contributed by atoms with E-state index in [1.165, 1.54) is 12.1 Å². The van der Waals surface area contributed by atoms with E-state index < -0.39 is 16.3 Å². The Balaban J connectivity index is 1.76. The molecule has 0 radical (unpaired) electrons. The second kappa shape index (κ2) is 7.65. The van der Waals surface area contributed by atoms with Gasteiger partial charge in [0.1, 0.15) is 11.8 Å². The first-order valence-corrected chi connectivity index (χ1v) is 11.4. The molecule has 1 atom stereocenters. The molecule has 30 heavy (non-hydrogen) atoms. The topological polar surface area (TPSA) is 67.1 Å². The number of alkyl halides is 2. The molecule has 0 bridgehead atoms. The highest BCUT2D eigenvalue weighted by Crippen LogP contribution is 2.36. The minimum Gasteiger partial charge on any atom is -0.435 e. The second-order valence-electron chi connectivity index (χ2n) is 7.24. The van der Waals surface area contributed by atoms with Gasteiger partial charge in [-0.25, -0.2) is 4.21 Å². The number of hydrogen-bond donors (Lipinski definition) is 1. The number of aryl methyl sites for hydroxylation is 1. The van der Waals surface area contributed by atoms with Gasteiger partial charge < -0.3 is 14.0 Å². The maximum atomic E-state index is 12.6. The van der Waals surface area contributed by atoms with Gasteiger partial charge in [-0.05, 0) is 55.5 Å². The molecular formula is C22H21F2N3O2S. The molecule has 8 heteroatoms. The summed E-state index contributed by atoms with van der Waals surface area (Å²) in [6.45, 7) is -0.449. The Bertz CT molecular complexity index is 1240. The number of nitrogens with zero attached hydrogens (tertiary/aromatic N) is 2. The minimum atomic E-state index is -2.92. The Morgan fingerprint density at radius 2 is 2.00 bits per heavy atom. The number of anilines is 1. The van der Waals surface area contributed by atoms with Crippen LogP contribution in [0.2, 0.25) is 0 Å². The van der Waals surface area contributed by atoms with Crippen LogP contribution in [0.5, 0.6) is 5.75 Å². The number of nitrogens with one attached hydrogen (secondary N) is 1. The van der Waals surface area contributed by atoms with Crippen molar-refractivity contribution in [3.63, 3.8) is 0 Å². The second-order valence-corrected chi connectivity index (χ2v) is 9.57. The fourth-order valence-corrected chi connectivity index (χ4v) is 5.27. The third-order valence-electron chi connectivity index (χ3n) is 5.20. The van der Waals surface area contributed by atoms with Gasteiger partial charge in [0.25, 0.3) is 0 Å². The van der Waals surface area contributed by atoms with Gasteiger partial charge in [-0.15, -0.1) is 0 Å². The van der Waals surface area contributed by atoms with Gasteiger partial charge in [0.2, 0.25) is 0 Å². The Labute approximate surface area is 174 Å². The Kier molecular flexibility index (Phi) is 5.16. The van der Waals surface area contributed by atoms with Crippen LogP contribution in [0.25, 0.3) is 22.2 Å². The smallest absolute Gasteiger partial charge is 0.387 e. The van der Waals surface area contributed by atoms with Crippen LogP contribution >= 0.6 is 0 Å². The van der Waals surface area contributed by atoms with Gasteiger partial charge in [0.15, 0.2) is 0 Å². The standard InChI is InChI=1S/C22H21F2N3O2S/c1-3-27-20-12-16(29-22(23)24)8-11-18(20)19(13-25)21(27)14-4-6-15(7-5-14)26-30(2,28)17-9-10-17/h4-8,11-12,17,22H,2-3,9-10H2,1H3,(H,26,28). The SMILES string of the molecule is C=S(=O)(Nc1ccc(-c2c(C#N)c3ccc(OC(F)F)cc3n2CC)cc1)C1CC1. The molecule has 156 valence electrons. The van der Waals surface area contributed by atoms with E-state index in [-0.39, 0.29) is 11.0 Å². The predicted octanol–water partition coefficient (Wildman–Crippen LogP) is 5.01. The Hall–Kier alpha value is -3.05. The number of halogens is 2. The highest BCUT2D eigenvalue weighted by atomic mass is 32.2. The molecule has 1 N–H and O–H groups in total. The lowest BCUT2D eigenvalue weighted by Gasteiger charge is -2.13. The molecule has 0 spiro atoms. The van der Waals surface area contributed by atoms with E-state index in [9.17, 15) is 18.3 Å². The van der Waals surface area contributed by atoms with Gasteiger partial charge in [-0.1, -0.05) is 12.1 Å². The minimum absolute atomic E-state index is 0.0468. The van der Waals surface area contributed by atoms with Crippen molar-refractivity contribution in [1.82, 2.24) is 4.57 Å². The van der Waals surface area contributed by atoms with E-state index in [0.29, 0.717) is 34.4 Å². The summed E-state index contributed by atoms with van der Waals surface area (Å²) in [5.41, 5.74) is 3.33. The van der Waals surface area contributed by atoms with Gasteiger partial charge in [0.05, 0.1) is 16.8 Å². The quantitative estimate of drug-likeness (QED) is 0.537. The lowest BCUT2D eigenvalue weighted by Crippen LogP contribution is -2.16. The van der Waals surface area contributed by atoms with E-state index in [2.05, 4.69) is 21.4 Å². The van der Waals surface area contributed by atoms with Crippen molar-refractivity contribution < 1.29 is 17.7 Å². The van der Waals surface area contributed by atoms with Crippen molar-refractivity contribution in [3.05, 3.63) is 48.0 Å². The van der Waals surface area contributed by atoms with Crippen LogP contribution in [0.15, 0.2) is 42.5 Å². The summed E-state index contributed by atoms with van der Waals surface area (Å²) in [6, 6.07) is 14.2. The lowest BCUT2D eigenvalue weighted by molar-refractivity contribution is -0.0497. The monoisotopic (exact) mass is 429 g/mol. The van der Waals surface area contributed by atoms with Crippen LogP contribution in [-0.2, 0) is 16.3 Å². The van der Waals surface area contributed by atoms with Crippen LogP contribution in [0.1, 0.15) is 25.3 Å². The summed E-state index contributed by atoms with van der Waals surface area (Å²) in [4.78, 5) is 0. The molecule has 5 nitrogen and oxygen atoms in total. The molecular weight excluding hydrogens is 408 g/mol. The number of hydrogen-bond acceptors (Lipinski definition) is 3. The Morgan fingerprint density at radius 1 is 1.30 bits per heavy atom. The molecule has 4 rings (SSSR count). The lowest BCUT2D eigenvalue weighted by atomic mass is 10.1. The van der Waals surface area contributed by atoms with E-state index in [4.69, 9.17) is 0 Å². The summed E-state index contributed by atoms with van der Waals surface area (Å²) in [5.74, 6) is 3.87. The molecule has 3 aromatic rings. The molecule has 1 fully saturated rings. The van der Waals surface area contributed by atoms with Crippen molar-refractivity contribution >= 4 is 32.2 Å². The first kappa shape index (κ1) is 20.2. The first-order chi connectivity index (χ1) is 14.3. The maximum absolute atomic E-state index is 12.6. The first-order valence-electron chi connectivity index (χ1n) is 9.59. The van der Waals surface area contributed by atoms with Gasteiger partial charge in [-0.2, -0.15) is 14.0 Å². The molecule has 2 aromatic carbocycles. The van der Waals surface area contributed by atoms with Crippen LogP contribution in [0, 0.1) is 11.3 Å².